The first kappa shape index (κ1) is 14.3. The predicted octanol–water partition coefficient (Wildman–Crippen LogP) is 2.75. The second-order valence-electron chi connectivity index (χ2n) is 4.92. The van der Waals surface area contributed by atoms with E-state index in [1.54, 1.807) is 12.1 Å². The zero-order chi connectivity index (χ0) is 13.9. The fourth-order valence-electron chi connectivity index (χ4n) is 1.99. The fourth-order valence-corrected chi connectivity index (χ4v) is 3.35. The van der Waals surface area contributed by atoms with E-state index in [4.69, 9.17) is 4.74 Å². The maximum Gasteiger partial charge on any atom is 0.306 e. The van der Waals surface area contributed by atoms with Gasteiger partial charge in [0.2, 0.25) is 0 Å². The molecule has 0 aromatic heterocycles. The van der Waals surface area contributed by atoms with E-state index in [9.17, 15) is 14.3 Å². The van der Waals surface area contributed by atoms with Gasteiger partial charge in [0.15, 0.2) is 0 Å². The van der Waals surface area contributed by atoms with E-state index in [-0.39, 0.29) is 23.8 Å². The molecule has 1 aliphatic carbocycles. The molecule has 0 saturated heterocycles. The van der Waals surface area contributed by atoms with Crippen LogP contribution < -0.4 is 0 Å². The Morgan fingerprint density at radius 2 is 2.26 bits per heavy atom. The Morgan fingerprint density at radius 1 is 1.53 bits per heavy atom. The number of methoxy groups -OCH3 is 1. The molecule has 1 saturated carbocycles. The molecule has 1 N–H and O–H groups in total. The summed E-state index contributed by atoms with van der Waals surface area (Å²) >= 11 is 1.50. The Hall–Kier alpha value is -1.07. The Kier molecular flexibility index (Phi) is 4.47. The van der Waals surface area contributed by atoms with Crippen LogP contribution in [0.15, 0.2) is 23.1 Å². The SMILES string of the molecule is COC(=O)CC1(CSc2cccc(F)c2CO)CC1. The lowest BCUT2D eigenvalue weighted by Crippen LogP contribution is -2.13. The van der Waals surface area contributed by atoms with Crippen LogP contribution in [0.3, 0.4) is 0 Å². The number of hydrogen-bond acceptors (Lipinski definition) is 4. The summed E-state index contributed by atoms with van der Waals surface area (Å²) < 4.78 is 18.2. The number of carbonyl (C=O) groups is 1. The van der Waals surface area contributed by atoms with Crippen LogP contribution in [0.1, 0.15) is 24.8 Å². The summed E-state index contributed by atoms with van der Waals surface area (Å²) in [6, 6.07) is 4.78. The average Bonchev–Trinajstić information content (AvgIpc) is 3.16. The monoisotopic (exact) mass is 284 g/mol. The predicted molar refractivity (Wildman–Crippen MR) is 71.3 cm³/mol. The van der Waals surface area contributed by atoms with E-state index in [0.29, 0.717) is 12.0 Å². The summed E-state index contributed by atoms with van der Waals surface area (Å²) in [5.74, 6) is 0.170. The number of aliphatic hydroxyl groups is 1. The van der Waals surface area contributed by atoms with Crippen molar-refractivity contribution in [3.8, 4) is 0 Å². The van der Waals surface area contributed by atoms with Gasteiger partial charge in [-0.2, -0.15) is 0 Å². The van der Waals surface area contributed by atoms with Crippen LogP contribution in [0.2, 0.25) is 0 Å². The van der Waals surface area contributed by atoms with E-state index in [1.807, 2.05) is 0 Å². The molecule has 0 heterocycles. The second-order valence-corrected chi connectivity index (χ2v) is 5.93. The molecule has 0 unspecified atom stereocenters. The highest BCUT2D eigenvalue weighted by atomic mass is 32.2. The lowest BCUT2D eigenvalue weighted by molar-refractivity contribution is -0.141. The number of benzene rings is 1. The van der Waals surface area contributed by atoms with Gasteiger partial charge in [0.05, 0.1) is 20.1 Å². The second kappa shape index (κ2) is 5.92. The maximum atomic E-state index is 13.5. The number of esters is 1. The summed E-state index contributed by atoms with van der Waals surface area (Å²) in [4.78, 5) is 12.1. The number of thioether (sulfide) groups is 1. The van der Waals surface area contributed by atoms with Crippen molar-refractivity contribution in [2.45, 2.75) is 30.8 Å². The molecule has 19 heavy (non-hydrogen) atoms. The van der Waals surface area contributed by atoms with Crippen molar-refractivity contribution in [2.24, 2.45) is 5.41 Å². The van der Waals surface area contributed by atoms with Crippen molar-refractivity contribution in [1.29, 1.82) is 0 Å². The van der Waals surface area contributed by atoms with Crippen LogP contribution in [-0.4, -0.2) is 23.9 Å². The van der Waals surface area contributed by atoms with Gasteiger partial charge in [0.1, 0.15) is 5.82 Å². The smallest absolute Gasteiger partial charge is 0.306 e. The zero-order valence-corrected chi connectivity index (χ0v) is 11.6. The molecule has 0 radical (unpaired) electrons. The standard InChI is InChI=1S/C14H17FO3S/c1-18-13(17)7-14(5-6-14)9-19-12-4-2-3-11(15)10(12)8-16/h2-4,16H,5-9H2,1H3. The van der Waals surface area contributed by atoms with Gasteiger partial charge in [0.25, 0.3) is 0 Å². The lowest BCUT2D eigenvalue weighted by Gasteiger charge is -2.14. The number of rotatable bonds is 6. The molecule has 1 aromatic carbocycles. The molecule has 0 aliphatic heterocycles. The van der Waals surface area contributed by atoms with Gasteiger partial charge in [-0.1, -0.05) is 6.07 Å². The first-order valence-corrected chi connectivity index (χ1v) is 7.17. The van der Waals surface area contributed by atoms with Crippen LogP contribution >= 0.6 is 11.8 Å². The van der Waals surface area contributed by atoms with Gasteiger partial charge < -0.3 is 9.84 Å². The van der Waals surface area contributed by atoms with Gasteiger partial charge in [-0.05, 0) is 30.4 Å². The van der Waals surface area contributed by atoms with E-state index >= 15 is 0 Å². The Bertz CT molecular complexity index is 472. The van der Waals surface area contributed by atoms with E-state index in [1.165, 1.54) is 24.9 Å². The van der Waals surface area contributed by atoms with Crippen molar-refractivity contribution in [3.63, 3.8) is 0 Å². The highest BCUT2D eigenvalue weighted by Gasteiger charge is 2.44. The van der Waals surface area contributed by atoms with Crippen molar-refractivity contribution >= 4 is 17.7 Å². The number of hydrogen-bond donors (Lipinski definition) is 1. The molecule has 1 aromatic rings. The molecule has 0 atom stereocenters. The molecule has 0 bridgehead atoms. The zero-order valence-electron chi connectivity index (χ0n) is 10.8. The third kappa shape index (κ3) is 3.48. The Labute approximate surface area is 116 Å². The van der Waals surface area contributed by atoms with Crippen LogP contribution in [0.25, 0.3) is 0 Å². The van der Waals surface area contributed by atoms with Gasteiger partial charge in [-0.3, -0.25) is 4.79 Å². The van der Waals surface area contributed by atoms with Gasteiger partial charge >= 0.3 is 5.97 Å². The Morgan fingerprint density at radius 3 is 2.84 bits per heavy atom. The van der Waals surface area contributed by atoms with Crippen molar-refractivity contribution in [2.75, 3.05) is 12.9 Å². The summed E-state index contributed by atoms with van der Waals surface area (Å²) in [7, 11) is 1.39. The summed E-state index contributed by atoms with van der Waals surface area (Å²) in [6.07, 6.45) is 2.41. The van der Waals surface area contributed by atoms with E-state index < -0.39 is 0 Å². The largest absolute Gasteiger partial charge is 0.469 e. The van der Waals surface area contributed by atoms with Crippen molar-refractivity contribution in [1.82, 2.24) is 0 Å². The minimum absolute atomic E-state index is 0.00317. The fraction of sp³-hybridized carbons (Fsp3) is 0.500. The molecule has 0 spiro atoms. The molecule has 1 fully saturated rings. The van der Waals surface area contributed by atoms with Crippen LogP contribution in [0, 0.1) is 11.2 Å². The minimum Gasteiger partial charge on any atom is -0.469 e. The maximum absolute atomic E-state index is 13.5. The first-order chi connectivity index (χ1) is 9.10. The van der Waals surface area contributed by atoms with Gasteiger partial charge in [-0.25, -0.2) is 4.39 Å². The normalized spacial score (nSPS) is 16.2. The number of ether oxygens (including phenoxy) is 1. The number of aliphatic hydroxyl groups excluding tert-OH is 1. The quantitative estimate of drug-likeness (QED) is 0.644. The van der Waals surface area contributed by atoms with Crippen LogP contribution in [0.5, 0.6) is 0 Å². The number of carbonyl (C=O) groups excluding carboxylic acids is 1. The molecule has 5 heteroatoms. The van der Waals surface area contributed by atoms with Gasteiger partial charge in [0, 0.05) is 16.2 Å². The number of halogens is 1. The third-order valence-electron chi connectivity index (χ3n) is 3.47. The van der Waals surface area contributed by atoms with Crippen molar-refractivity contribution in [3.05, 3.63) is 29.6 Å². The van der Waals surface area contributed by atoms with E-state index in [2.05, 4.69) is 0 Å². The average molecular weight is 284 g/mol. The topological polar surface area (TPSA) is 46.5 Å². The first-order valence-electron chi connectivity index (χ1n) is 6.18. The van der Waals surface area contributed by atoms with Gasteiger partial charge in [-0.15, -0.1) is 11.8 Å². The molecule has 1 aliphatic rings. The van der Waals surface area contributed by atoms with Crippen LogP contribution in [0.4, 0.5) is 4.39 Å². The molecule has 104 valence electrons. The summed E-state index contributed by atoms with van der Waals surface area (Å²) in [5, 5.41) is 9.20. The minimum atomic E-state index is -0.384. The summed E-state index contributed by atoms with van der Waals surface area (Å²) in [5.41, 5.74) is 0.331. The molecule has 0 amide bonds. The third-order valence-corrected chi connectivity index (χ3v) is 4.92. The van der Waals surface area contributed by atoms with E-state index in [0.717, 1.165) is 23.5 Å². The highest BCUT2D eigenvalue weighted by molar-refractivity contribution is 7.99. The summed E-state index contributed by atoms with van der Waals surface area (Å²) in [6.45, 7) is -0.307. The highest BCUT2D eigenvalue weighted by Crippen LogP contribution is 2.52. The van der Waals surface area contributed by atoms with Crippen LogP contribution in [-0.2, 0) is 16.1 Å². The molecule has 3 nitrogen and oxygen atoms in total. The Balaban J connectivity index is 1.99. The molecular formula is C14H17FO3S. The van der Waals surface area contributed by atoms with Crippen molar-refractivity contribution < 1.29 is 19.0 Å². The molecular weight excluding hydrogens is 267 g/mol. The molecule has 2 rings (SSSR count). The lowest BCUT2D eigenvalue weighted by atomic mass is 10.1.